The molecule has 192 valence electrons. The maximum atomic E-state index is 11.8. The summed E-state index contributed by atoms with van der Waals surface area (Å²) in [6.07, 6.45) is 0. The minimum atomic E-state index is 0. The molecule has 7 rings (SSSR count). The van der Waals surface area contributed by atoms with Crippen LogP contribution in [0.2, 0.25) is 0 Å². The van der Waals surface area contributed by atoms with Crippen molar-refractivity contribution < 1.29 is 43.4 Å². The molecule has 1 aromatic heterocycles. The van der Waals surface area contributed by atoms with E-state index in [0.717, 1.165) is 48.5 Å². The Labute approximate surface area is 263 Å². The van der Waals surface area contributed by atoms with Gasteiger partial charge in [0, 0.05) is 10.4 Å². The standard InChI is InChI=1S/C34H21NOS.CH3.H2O.Y/c36-35(31-17-9-19-33-34(31)28-15-6-7-18-32(28)37-33)30-21-20-25(23-10-2-1-3-11-23)22-29(30)27-16-8-13-24-12-4-5-14-26(24)27;;;/h1-15,18-22,36H;1H3;1H2;/q-2;-1;;+3. The molecule has 0 saturated carbocycles. The van der Waals surface area contributed by atoms with Gasteiger partial charge in [-0.2, -0.15) is 29.5 Å². The van der Waals surface area contributed by atoms with Gasteiger partial charge in [0.2, 0.25) is 0 Å². The van der Waals surface area contributed by atoms with Crippen LogP contribution in [0, 0.1) is 19.6 Å². The molecule has 0 spiro atoms. The maximum absolute atomic E-state index is 11.8. The molecule has 0 aliphatic carbocycles. The molecule has 5 heteroatoms. The normalized spacial score (nSPS) is 10.5. The summed E-state index contributed by atoms with van der Waals surface area (Å²) < 4.78 is 2.31. The van der Waals surface area contributed by atoms with E-state index < -0.39 is 0 Å². The molecule has 0 radical (unpaired) electrons. The van der Waals surface area contributed by atoms with Crippen molar-refractivity contribution in [2.24, 2.45) is 0 Å². The SMILES string of the molecule is O.ON(c1ccc(-c2ccccc2)cc1-c1[c-]ccc2ccccc12)c1[c-]ccc2sc3ccccc3c12.[CH3-].[Y+3]. The summed E-state index contributed by atoms with van der Waals surface area (Å²) in [5.74, 6) is 0. The molecule has 3 N–H and O–H groups in total. The van der Waals surface area contributed by atoms with Crippen LogP contribution in [-0.4, -0.2) is 10.7 Å². The summed E-state index contributed by atoms with van der Waals surface area (Å²) in [4.78, 5) is 0. The van der Waals surface area contributed by atoms with Crippen LogP contribution in [0.4, 0.5) is 11.4 Å². The van der Waals surface area contributed by atoms with Crippen LogP contribution < -0.4 is 5.06 Å². The Kier molecular flexibility index (Phi) is 9.20. The largest absolute Gasteiger partial charge is 3.00 e. The molecular formula is C35H26NO2SY. The van der Waals surface area contributed by atoms with Crippen LogP contribution in [-0.2, 0) is 32.7 Å². The molecule has 0 bridgehead atoms. The molecule has 0 unspecified atom stereocenters. The fourth-order valence-electron chi connectivity index (χ4n) is 5.10. The molecule has 0 fully saturated rings. The van der Waals surface area contributed by atoms with E-state index in [1.54, 1.807) is 11.3 Å². The van der Waals surface area contributed by atoms with Crippen molar-refractivity contribution in [1.82, 2.24) is 0 Å². The minimum absolute atomic E-state index is 0. The number of fused-ring (bicyclic) bond motifs is 4. The molecular weight excluding hydrogens is 587 g/mol. The van der Waals surface area contributed by atoms with E-state index in [1.165, 1.54) is 9.76 Å². The average Bonchev–Trinajstić information content (AvgIpc) is 3.36. The summed E-state index contributed by atoms with van der Waals surface area (Å²) in [6.45, 7) is 0. The third kappa shape index (κ3) is 5.10. The zero-order chi connectivity index (χ0) is 24.8. The molecule has 1 heterocycles. The van der Waals surface area contributed by atoms with E-state index in [-0.39, 0.29) is 45.6 Å². The Balaban J connectivity index is 0.00000123. The summed E-state index contributed by atoms with van der Waals surface area (Å²) in [5, 5.41) is 17.5. The molecule has 0 saturated heterocycles. The third-order valence-electron chi connectivity index (χ3n) is 6.85. The van der Waals surface area contributed by atoms with Crippen molar-refractivity contribution in [1.29, 1.82) is 0 Å². The maximum Gasteiger partial charge on any atom is 3.00 e. The van der Waals surface area contributed by atoms with Crippen LogP contribution >= 0.6 is 11.3 Å². The van der Waals surface area contributed by atoms with Gasteiger partial charge in [-0.25, -0.2) is 0 Å². The van der Waals surface area contributed by atoms with Crippen LogP contribution in [0.25, 0.3) is 53.2 Å². The molecule has 40 heavy (non-hydrogen) atoms. The summed E-state index contributed by atoms with van der Waals surface area (Å²) in [6, 6.07) is 47.9. The molecule has 7 aromatic rings. The van der Waals surface area contributed by atoms with Crippen molar-refractivity contribution >= 4 is 53.7 Å². The fourth-order valence-corrected chi connectivity index (χ4v) is 6.21. The van der Waals surface area contributed by atoms with Gasteiger partial charge in [-0.3, -0.25) is 10.3 Å². The monoisotopic (exact) mass is 613 g/mol. The topological polar surface area (TPSA) is 55.0 Å². The van der Waals surface area contributed by atoms with Crippen molar-refractivity contribution in [2.45, 2.75) is 0 Å². The van der Waals surface area contributed by atoms with Crippen LogP contribution in [0.1, 0.15) is 0 Å². The van der Waals surface area contributed by atoms with E-state index >= 15 is 0 Å². The van der Waals surface area contributed by atoms with Gasteiger partial charge in [0.15, 0.2) is 0 Å². The molecule has 0 aliphatic heterocycles. The molecule has 0 atom stereocenters. The smallest absolute Gasteiger partial charge is 0.412 e. The first-order valence-corrected chi connectivity index (χ1v) is 13.0. The quantitative estimate of drug-likeness (QED) is 0.159. The summed E-state index contributed by atoms with van der Waals surface area (Å²) in [5.41, 5.74) is 5.39. The summed E-state index contributed by atoms with van der Waals surface area (Å²) in [7, 11) is 0. The average molecular weight is 614 g/mol. The Hall–Kier alpha value is -3.38. The Morgan fingerprint density at radius 3 is 2.17 bits per heavy atom. The first-order chi connectivity index (χ1) is 18.3. The van der Waals surface area contributed by atoms with Crippen molar-refractivity contribution in [3.05, 3.63) is 141 Å². The summed E-state index contributed by atoms with van der Waals surface area (Å²) >= 11 is 1.73. The number of rotatable bonds is 4. The minimum Gasteiger partial charge on any atom is -0.412 e. The van der Waals surface area contributed by atoms with Gasteiger partial charge in [0.25, 0.3) is 0 Å². The number of thiophene rings is 1. The van der Waals surface area contributed by atoms with Gasteiger partial charge in [-0.1, -0.05) is 106 Å². The number of hydrogen-bond acceptors (Lipinski definition) is 3. The second-order valence-electron chi connectivity index (χ2n) is 9.01. The predicted octanol–water partition coefficient (Wildman–Crippen LogP) is 9.29. The van der Waals surface area contributed by atoms with Crippen LogP contribution in [0.3, 0.4) is 0 Å². The zero-order valence-corrected chi connectivity index (χ0v) is 25.6. The third-order valence-corrected chi connectivity index (χ3v) is 7.98. The first-order valence-electron chi connectivity index (χ1n) is 12.2. The van der Waals surface area contributed by atoms with Gasteiger partial charge in [-0.05, 0) is 28.9 Å². The Morgan fingerprint density at radius 2 is 1.35 bits per heavy atom. The van der Waals surface area contributed by atoms with Crippen molar-refractivity contribution in [2.75, 3.05) is 5.06 Å². The van der Waals surface area contributed by atoms with E-state index in [9.17, 15) is 5.21 Å². The molecule has 0 aliphatic rings. The van der Waals surface area contributed by atoms with Gasteiger partial charge in [0.1, 0.15) is 0 Å². The Morgan fingerprint density at radius 1 is 0.650 bits per heavy atom. The molecule has 3 nitrogen and oxygen atoms in total. The Bertz CT molecular complexity index is 1910. The number of anilines is 2. The second-order valence-corrected chi connectivity index (χ2v) is 10.1. The molecule has 6 aromatic carbocycles. The zero-order valence-electron chi connectivity index (χ0n) is 21.9. The molecule has 0 amide bonds. The van der Waals surface area contributed by atoms with Crippen LogP contribution in [0.5, 0.6) is 0 Å². The second kappa shape index (κ2) is 12.4. The van der Waals surface area contributed by atoms with E-state index in [4.69, 9.17) is 0 Å². The van der Waals surface area contributed by atoms with Crippen molar-refractivity contribution in [3.63, 3.8) is 0 Å². The number of nitrogens with zero attached hydrogens (tertiary/aromatic N) is 1. The van der Waals surface area contributed by atoms with Gasteiger partial charge < -0.3 is 12.9 Å². The fraction of sp³-hybridized carbons (Fsp3) is 0. The van der Waals surface area contributed by atoms with Gasteiger partial charge in [-0.15, -0.1) is 34.5 Å². The number of hydrogen-bond donors (Lipinski definition) is 1. The van der Waals surface area contributed by atoms with Crippen molar-refractivity contribution in [3.8, 4) is 22.3 Å². The predicted molar refractivity (Wildman–Crippen MR) is 166 cm³/mol. The number of benzene rings is 6. The van der Waals surface area contributed by atoms with E-state index in [2.05, 4.69) is 78.9 Å². The first kappa shape index (κ1) is 29.6. The van der Waals surface area contributed by atoms with E-state index in [0.29, 0.717) is 11.4 Å². The van der Waals surface area contributed by atoms with Gasteiger partial charge in [0.05, 0.1) is 0 Å². The van der Waals surface area contributed by atoms with E-state index in [1.807, 2.05) is 54.6 Å². The van der Waals surface area contributed by atoms with Crippen LogP contribution in [0.15, 0.2) is 121 Å². The van der Waals surface area contributed by atoms with Gasteiger partial charge >= 0.3 is 32.7 Å².